The number of rotatable bonds is 4. The van der Waals surface area contributed by atoms with Gasteiger partial charge in [0.25, 0.3) is 0 Å². The zero-order valence-electron chi connectivity index (χ0n) is 10.4. The number of sulfone groups is 1. The van der Waals surface area contributed by atoms with Crippen molar-refractivity contribution in [3.8, 4) is 0 Å². The van der Waals surface area contributed by atoms with Crippen molar-refractivity contribution in [2.75, 3.05) is 0 Å². The largest absolute Gasteiger partial charge is 0.223 e. The van der Waals surface area contributed by atoms with Crippen LogP contribution < -0.4 is 0 Å². The van der Waals surface area contributed by atoms with E-state index in [1.807, 2.05) is 12.1 Å². The third-order valence-corrected chi connectivity index (χ3v) is 5.18. The van der Waals surface area contributed by atoms with Gasteiger partial charge < -0.3 is 0 Å². The van der Waals surface area contributed by atoms with Crippen molar-refractivity contribution < 1.29 is 8.42 Å². The van der Waals surface area contributed by atoms with Gasteiger partial charge in [0.15, 0.2) is 9.84 Å². The minimum Gasteiger partial charge on any atom is -0.223 e. The number of benzene rings is 1. The fourth-order valence-electron chi connectivity index (χ4n) is 1.49. The van der Waals surface area contributed by atoms with Gasteiger partial charge in [-0.3, -0.25) is 0 Å². The molecule has 2 nitrogen and oxygen atoms in total. The quantitative estimate of drug-likeness (QED) is 0.808. The highest BCUT2D eigenvalue weighted by Gasteiger charge is 2.18. The van der Waals surface area contributed by atoms with E-state index in [4.69, 9.17) is 0 Å². The van der Waals surface area contributed by atoms with Crippen LogP contribution in [0, 0.1) is 0 Å². The minimum absolute atomic E-state index is 0.359. The highest BCUT2D eigenvalue weighted by Crippen LogP contribution is 2.22. The second kappa shape index (κ2) is 5.00. The lowest BCUT2D eigenvalue weighted by Gasteiger charge is -2.11. The lowest BCUT2D eigenvalue weighted by atomic mass is 9.99. The topological polar surface area (TPSA) is 34.1 Å². The van der Waals surface area contributed by atoms with E-state index in [9.17, 15) is 8.42 Å². The molecule has 0 aromatic heterocycles. The second-order valence-corrected chi connectivity index (χ2v) is 6.98. The molecule has 1 unspecified atom stereocenters. The molecule has 0 radical (unpaired) electrons. The van der Waals surface area contributed by atoms with Gasteiger partial charge in [0.1, 0.15) is 0 Å². The summed E-state index contributed by atoms with van der Waals surface area (Å²) in [5.74, 6) is 0.482. The van der Waals surface area contributed by atoms with Crippen LogP contribution in [-0.2, 0) is 9.84 Å². The van der Waals surface area contributed by atoms with Crippen molar-refractivity contribution >= 4 is 9.84 Å². The number of hydrogen-bond acceptors (Lipinski definition) is 2. The van der Waals surface area contributed by atoms with Gasteiger partial charge in [-0.15, -0.1) is 0 Å². The third-order valence-electron chi connectivity index (χ3n) is 3.01. The smallest absolute Gasteiger partial charge is 0.180 e. The zero-order chi connectivity index (χ0) is 12.3. The van der Waals surface area contributed by atoms with E-state index in [0.29, 0.717) is 10.8 Å². The first kappa shape index (κ1) is 13.2. The molecule has 0 bridgehead atoms. The van der Waals surface area contributed by atoms with E-state index in [1.54, 1.807) is 26.0 Å². The van der Waals surface area contributed by atoms with Gasteiger partial charge in [0.2, 0.25) is 0 Å². The Bertz CT molecular complexity index is 430. The predicted molar refractivity (Wildman–Crippen MR) is 67.5 cm³/mol. The van der Waals surface area contributed by atoms with Crippen molar-refractivity contribution in [3.05, 3.63) is 29.8 Å². The first-order valence-electron chi connectivity index (χ1n) is 5.73. The molecular weight excluding hydrogens is 220 g/mol. The summed E-state index contributed by atoms with van der Waals surface area (Å²) < 4.78 is 23.8. The van der Waals surface area contributed by atoms with E-state index in [-0.39, 0.29) is 5.25 Å². The molecule has 0 aliphatic carbocycles. The van der Waals surface area contributed by atoms with Gasteiger partial charge >= 0.3 is 0 Å². The van der Waals surface area contributed by atoms with Crippen molar-refractivity contribution in [3.63, 3.8) is 0 Å². The maximum Gasteiger partial charge on any atom is 0.180 e. The highest BCUT2D eigenvalue weighted by atomic mass is 32.2. The minimum atomic E-state index is -3.13. The number of hydrogen-bond donors (Lipinski definition) is 0. The standard InChI is InChI=1S/C13H20O2S/c1-5-11(4)12-6-8-13(9-7-12)16(14,15)10(2)3/h6-11H,5H2,1-4H3. The summed E-state index contributed by atoms with van der Waals surface area (Å²) in [7, 11) is -3.13. The average molecular weight is 240 g/mol. The second-order valence-electron chi connectivity index (χ2n) is 4.47. The van der Waals surface area contributed by atoms with E-state index < -0.39 is 9.84 Å². The Hall–Kier alpha value is -0.830. The van der Waals surface area contributed by atoms with Crippen LogP contribution in [0.15, 0.2) is 29.2 Å². The summed E-state index contributed by atoms with van der Waals surface area (Å²) in [6.45, 7) is 7.69. The van der Waals surface area contributed by atoms with Crippen LogP contribution >= 0.6 is 0 Å². The summed E-state index contributed by atoms with van der Waals surface area (Å²) in [5, 5.41) is -0.359. The van der Waals surface area contributed by atoms with Crippen molar-refractivity contribution in [2.45, 2.75) is 50.2 Å². The van der Waals surface area contributed by atoms with E-state index >= 15 is 0 Å². The van der Waals surface area contributed by atoms with Crippen LogP contribution in [0.2, 0.25) is 0 Å². The Labute approximate surface area is 98.6 Å². The molecule has 16 heavy (non-hydrogen) atoms. The predicted octanol–water partition coefficient (Wildman–Crippen LogP) is 3.38. The molecule has 0 N–H and O–H groups in total. The fourth-order valence-corrected chi connectivity index (χ4v) is 2.55. The Morgan fingerprint density at radius 2 is 1.56 bits per heavy atom. The van der Waals surface area contributed by atoms with E-state index in [1.165, 1.54) is 5.56 Å². The SMILES string of the molecule is CCC(C)c1ccc(S(=O)(=O)C(C)C)cc1. The van der Waals surface area contributed by atoms with Crippen LogP contribution in [0.3, 0.4) is 0 Å². The van der Waals surface area contributed by atoms with Gasteiger partial charge in [-0.1, -0.05) is 26.0 Å². The van der Waals surface area contributed by atoms with Crippen molar-refractivity contribution in [2.24, 2.45) is 0 Å². The summed E-state index contributed by atoms with van der Waals surface area (Å²) in [6, 6.07) is 7.28. The van der Waals surface area contributed by atoms with Crippen LogP contribution in [0.1, 0.15) is 45.6 Å². The van der Waals surface area contributed by atoms with E-state index in [0.717, 1.165) is 6.42 Å². The van der Waals surface area contributed by atoms with Gasteiger partial charge in [0.05, 0.1) is 10.1 Å². The molecule has 1 rings (SSSR count). The molecule has 1 aromatic carbocycles. The fraction of sp³-hybridized carbons (Fsp3) is 0.538. The lowest BCUT2D eigenvalue weighted by Crippen LogP contribution is -2.13. The third kappa shape index (κ3) is 2.64. The van der Waals surface area contributed by atoms with Crippen LogP contribution in [-0.4, -0.2) is 13.7 Å². The summed E-state index contributed by atoms with van der Waals surface area (Å²) in [6.07, 6.45) is 1.07. The van der Waals surface area contributed by atoms with Crippen LogP contribution in [0.5, 0.6) is 0 Å². The maximum atomic E-state index is 11.9. The molecule has 0 saturated carbocycles. The molecule has 1 atom stereocenters. The summed E-state index contributed by atoms with van der Waals surface area (Å²) >= 11 is 0. The Morgan fingerprint density at radius 1 is 1.06 bits per heavy atom. The summed E-state index contributed by atoms with van der Waals surface area (Å²) in [4.78, 5) is 0.426. The van der Waals surface area contributed by atoms with Gasteiger partial charge in [-0.2, -0.15) is 0 Å². The average Bonchev–Trinajstić information content (AvgIpc) is 2.28. The molecule has 3 heteroatoms. The molecule has 90 valence electrons. The lowest BCUT2D eigenvalue weighted by molar-refractivity contribution is 0.587. The van der Waals surface area contributed by atoms with Crippen molar-refractivity contribution in [1.82, 2.24) is 0 Å². The molecule has 0 aliphatic rings. The molecule has 0 aliphatic heterocycles. The summed E-state index contributed by atoms with van der Waals surface area (Å²) in [5.41, 5.74) is 1.20. The van der Waals surface area contributed by atoms with Gasteiger partial charge in [-0.05, 0) is 43.9 Å². The van der Waals surface area contributed by atoms with E-state index in [2.05, 4.69) is 13.8 Å². The van der Waals surface area contributed by atoms with Gasteiger partial charge in [0, 0.05) is 0 Å². The Balaban J connectivity index is 3.05. The molecular formula is C13H20O2S. The molecule has 0 fully saturated rings. The molecule has 0 heterocycles. The first-order chi connectivity index (χ1) is 7.39. The molecule has 0 saturated heterocycles. The maximum absolute atomic E-state index is 11.9. The van der Waals surface area contributed by atoms with Gasteiger partial charge in [-0.25, -0.2) is 8.42 Å². The molecule has 1 aromatic rings. The normalized spacial score (nSPS) is 14.1. The first-order valence-corrected chi connectivity index (χ1v) is 7.28. The van der Waals surface area contributed by atoms with Crippen LogP contribution in [0.4, 0.5) is 0 Å². The Kier molecular flexibility index (Phi) is 4.14. The molecule has 0 spiro atoms. The van der Waals surface area contributed by atoms with Crippen LogP contribution in [0.25, 0.3) is 0 Å². The molecule has 0 amide bonds. The van der Waals surface area contributed by atoms with Crippen molar-refractivity contribution in [1.29, 1.82) is 0 Å². The highest BCUT2D eigenvalue weighted by molar-refractivity contribution is 7.92. The zero-order valence-corrected chi connectivity index (χ0v) is 11.2. The monoisotopic (exact) mass is 240 g/mol. The Morgan fingerprint density at radius 3 is 1.94 bits per heavy atom.